The Morgan fingerprint density at radius 1 is 1.35 bits per heavy atom. The normalized spacial score (nSPS) is 16.1. The summed E-state index contributed by atoms with van der Waals surface area (Å²) in [5, 5.41) is 16.6. The van der Waals surface area contributed by atoms with Gasteiger partial charge in [-0.25, -0.2) is 0 Å². The number of hydrogen-bond acceptors (Lipinski definition) is 6. The summed E-state index contributed by atoms with van der Waals surface area (Å²) in [7, 11) is 0. The van der Waals surface area contributed by atoms with Gasteiger partial charge in [-0.2, -0.15) is 5.10 Å². The topological polar surface area (TPSA) is 114 Å². The number of benzene rings is 1. The van der Waals surface area contributed by atoms with E-state index in [9.17, 15) is 19.5 Å². The van der Waals surface area contributed by atoms with Gasteiger partial charge in [-0.05, 0) is 24.5 Å². The summed E-state index contributed by atoms with van der Waals surface area (Å²) in [6.07, 6.45) is 4.98. The van der Waals surface area contributed by atoms with Crippen LogP contribution < -0.4 is 10.1 Å². The number of aldehydes is 1. The van der Waals surface area contributed by atoms with Gasteiger partial charge < -0.3 is 24.9 Å². The first-order valence-corrected chi connectivity index (χ1v) is 11.6. The number of hydrogen-bond donors (Lipinski definition) is 2. The molecule has 0 aliphatic carbocycles. The summed E-state index contributed by atoms with van der Waals surface area (Å²) in [6, 6.07) is 7.85. The van der Waals surface area contributed by atoms with Gasteiger partial charge in [0, 0.05) is 18.3 Å². The zero-order valence-corrected chi connectivity index (χ0v) is 19.9. The molecule has 1 aromatic heterocycles. The van der Waals surface area contributed by atoms with E-state index in [-0.39, 0.29) is 37.4 Å². The lowest BCUT2D eigenvalue weighted by Crippen LogP contribution is -2.46. The molecule has 2 aromatic rings. The highest BCUT2D eigenvalue weighted by Crippen LogP contribution is 2.28. The van der Waals surface area contributed by atoms with E-state index in [1.807, 2.05) is 13.8 Å². The van der Waals surface area contributed by atoms with Gasteiger partial charge >= 0.3 is 0 Å². The number of amides is 2. The first kappa shape index (κ1) is 25.5. The third-order valence-electron chi connectivity index (χ3n) is 5.71. The smallest absolute Gasteiger partial charge is 0.251 e. The lowest BCUT2D eigenvalue weighted by atomic mass is 9.97. The molecule has 3 rings (SSSR count). The van der Waals surface area contributed by atoms with Gasteiger partial charge in [0.1, 0.15) is 23.8 Å². The molecule has 182 valence electrons. The van der Waals surface area contributed by atoms with Crippen molar-refractivity contribution in [3.05, 3.63) is 53.4 Å². The van der Waals surface area contributed by atoms with Crippen molar-refractivity contribution in [1.29, 1.82) is 0 Å². The molecule has 34 heavy (non-hydrogen) atoms. The molecule has 1 aliphatic rings. The Morgan fingerprint density at radius 3 is 2.79 bits per heavy atom. The predicted octanol–water partition coefficient (Wildman–Crippen LogP) is 2.89. The molecule has 1 aliphatic heterocycles. The van der Waals surface area contributed by atoms with Gasteiger partial charge in [-0.1, -0.05) is 44.0 Å². The van der Waals surface area contributed by atoms with Crippen LogP contribution in [0.3, 0.4) is 0 Å². The molecule has 0 fully saturated rings. The molecule has 1 aromatic carbocycles. The van der Waals surface area contributed by atoms with Gasteiger partial charge in [-0.15, -0.1) is 0 Å². The monoisotopic (exact) mass is 488 g/mol. The zero-order chi connectivity index (χ0) is 24.7. The quantitative estimate of drug-likeness (QED) is 0.444. The Balaban J connectivity index is 1.71. The van der Waals surface area contributed by atoms with Crippen LogP contribution in [0, 0.1) is 11.8 Å². The molecular weight excluding hydrogens is 460 g/mol. The van der Waals surface area contributed by atoms with Crippen LogP contribution in [0.4, 0.5) is 5.82 Å². The number of nitrogens with zero attached hydrogens (tertiary/aromatic N) is 3. The van der Waals surface area contributed by atoms with E-state index < -0.39 is 12.0 Å². The van der Waals surface area contributed by atoms with Crippen LogP contribution in [-0.2, 0) is 20.9 Å². The van der Waals surface area contributed by atoms with E-state index in [0.29, 0.717) is 35.1 Å². The molecule has 0 bridgehead atoms. The molecule has 2 N–H and O–H groups in total. The number of aliphatic hydroxyl groups excluding tert-OH is 1. The highest BCUT2D eigenvalue weighted by Gasteiger charge is 2.35. The van der Waals surface area contributed by atoms with Crippen molar-refractivity contribution in [2.45, 2.75) is 39.3 Å². The maximum absolute atomic E-state index is 13.2. The van der Waals surface area contributed by atoms with Crippen molar-refractivity contribution >= 4 is 35.5 Å². The van der Waals surface area contributed by atoms with Crippen molar-refractivity contribution in [3.8, 4) is 5.75 Å². The van der Waals surface area contributed by atoms with E-state index in [2.05, 4.69) is 10.4 Å². The van der Waals surface area contributed by atoms with E-state index in [1.165, 1.54) is 15.7 Å². The molecular formula is C24H29ClN4O5. The van der Waals surface area contributed by atoms with Crippen LogP contribution in [-0.4, -0.2) is 57.1 Å². The second-order valence-electron chi connectivity index (χ2n) is 8.37. The van der Waals surface area contributed by atoms with Crippen LogP contribution >= 0.6 is 11.6 Å². The Hall–Kier alpha value is -3.17. The van der Waals surface area contributed by atoms with Crippen LogP contribution in [0.2, 0.25) is 5.02 Å². The van der Waals surface area contributed by atoms with Crippen molar-refractivity contribution in [2.24, 2.45) is 11.8 Å². The molecule has 0 radical (unpaired) electrons. The molecule has 10 heteroatoms. The molecule has 2 heterocycles. The summed E-state index contributed by atoms with van der Waals surface area (Å²) < 4.78 is 7.30. The van der Waals surface area contributed by atoms with Crippen molar-refractivity contribution in [2.75, 3.05) is 18.5 Å². The minimum atomic E-state index is -0.726. The number of carbonyl (C=O) groups is 3. The Kier molecular flexibility index (Phi) is 8.84. The molecule has 1 unspecified atom stereocenters. The van der Waals surface area contributed by atoms with Gasteiger partial charge in [0.05, 0.1) is 30.6 Å². The summed E-state index contributed by atoms with van der Waals surface area (Å²) in [5.74, 6) is 0.101. The minimum Gasteiger partial charge on any atom is -0.458 e. The molecule has 0 spiro atoms. The second kappa shape index (κ2) is 11.8. The van der Waals surface area contributed by atoms with E-state index >= 15 is 0 Å². The van der Waals surface area contributed by atoms with Gasteiger partial charge in [0.25, 0.3) is 5.91 Å². The van der Waals surface area contributed by atoms with Crippen LogP contribution in [0.1, 0.15) is 26.7 Å². The van der Waals surface area contributed by atoms with Crippen molar-refractivity contribution in [1.82, 2.24) is 14.7 Å². The predicted molar refractivity (Wildman–Crippen MR) is 127 cm³/mol. The SMILES string of the molecule is CC[C@H](C)C[C@H](C(=O)Nc1ccn(CC(C=O)CO)n1)N1CC(Oc2ccccc2Cl)=CC1=O. The minimum absolute atomic E-state index is 0.143. The highest BCUT2D eigenvalue weighted by atomic mass is 35.5. The van der Waals surface area contributed by atoms with Crippen LogP contribution in [0.15, 0.2) is 48.4 Å². The third-order valence-corrected chi connectivity index (χ3v) is 6.03. The van der Waals surface area contributed by atoms with E-state index in [1.54, 1.807) is 36.5 Å². The number of aliphatic hydroxyl groups is 1. The van der Waals surface area contributed by atoms with Crippen LogP contribution in [0.25, 0.3) is 0 Å². The maximum Gasteiger partial charge on any atom is 0.251 e. The number of ether oxygens (including phenoxy) is 1. The van der Waals surface area contributed by atoms with Crippen molar-refractivity contribution < 1.29 is 24.2 Å². The van der Waals surface area contributed by atoms with E-state index in [4.69, 9.17) is 16.3 Å². The number of nitrogens with one attached hydrogen (secondary N) is 1. The highest BCUT2D eigenvalue weighted by molar-refractivity contribution is 6.32. The van der Waals surface area contributed by atoms with Gasteiger partial charge in [0.2, 0.25) is 5.91 Å². The zero-order valence-electron chi connectivity index (χ0n) is 19.2. The van der Waals surface area contributed by atoms with Gasteiger partial charge in [0.15, 0.2) is 5.82 Å². The Labute approximate surface area is 203 Å². The third kappa shape index (κ3) is 6.45. The fourth-order valence-corrected chi connectivity index (χ4v) is 3.73. The molecule has 0 saturated heterocycles. The Bertz CT molecular complexity index is 1050. The summed E-state index contributed by atoms with van der Waals surface area (Å²) >= 11 is 6.16. The molecule has 0 saturated carbocycles. The van der Waals surface area contributed by atoms with Gasteiger partial charge in [-0.3, -0.25) is 14.3 Å². The lowest BCUT2D eigenvalue weighted by Gasteiger charge is -2.28. The summed E-state index contributed by atoms with van der Waals surface area (Å²) in [6.45, 7) is 4.11. The first-order chi connectivity index (χ1) is 16.3. The molecule has 2 amide bonds. The fraction of sp³-hybridized carbons (Fsp3) is 0.417. The second-order valence-corrected chi connectivity index (χ2v) is 8.77. The van der Waals surface area contributed by atoms with E-state index in [0.717, 1.165) is 6.42 Å². The number of para-hydroxylation sites is 1. The van der Waals surface area contributed by atoms with Crippen molar-refractivity contribution in [3.63, 3.8) is 0 Å². The number of anilines is 1. The maximum atomic E-state index is 13.2. The standard InChI is InChI=1S/C24H29ClN4O5/c1-3-16(2)10-20(24(33)26-22-8-9-28(27-22)12-17(14-30)15-31)29-13-18(11-23(29)32)34-21-7-5-4-6-19(21)25/h4-9,11,14,16-17,20,31H,3,10,12-13,15H2,1-2H3,(H,26,27,33)/t16-,17?,20+/m0/s1. The largest absolute Gasteiger partial charge is 0.458 e. The fourth-order valence-electron chi connectivity index (χ4n) is 3.55. The average Bonchev–Trinajstić information content (AvgIpc) is 3.42. The number of rotatable bonds is 12. The number of aromatic nitrogens is 2. The molecule has 9 nitrogen and oxygen atoms in total. The number of halogens is 1. The molecule has 3 atom stereocenters. The Morgan fingerprint density at radius 2 is 2.12 bits per heavy atom. The lowest BCUT2D eigenvalue weighted by molar-refractivity contribution is -0.134. The first-order valence-electron chi connectivity index (χ1n) is 11.2. The number of carbonyl (C=O) groups excluding carboxylic acids is 3. The average molecular weight is 489 g/mol. The van der Waals surface area contributed by atoms with Crippen LogP contribution in [0.5, 0.6) is 5.75 Å². The summed E-state index contributed by atoms with van der Waals surface area (Å²) in [4.78, 5) is 38.5. The summed E-state index contributed by atoms with van der Waals surface area (Å²) in [5.41, 5.74) is 0.